The molecule has 184 valence electrons. The number of anilines is 1. The fraction of sp³-hybridized carbons (Fsp3) is 0.458. The van der Waals surface area contributed by atoms with E-state index in [1.54, 1.807) is 6.92 Å². The van der Waals surface area contributed by atoms with E-state index in [4.69, 9.17) is 23.7 Å². The van der Waals surface area contributed by atoms with Gasteiger partial charge in [0.1, 0.15) is 5.00 Å². The molecule has 0 saturated carbocycles. The summed E-state index contributed by atoms with van der Waals surface area (Å²) in [6.45, 7) is 3.43. The van der Waals surface area contributed by atoms with Crippen molar-refractivity contribution in [2.75, 3.05) is 33.3 Å². The van der Waals surface area contributed by atoms with Gasteiger partial charge in [0, 0.05) is 4.88 Å². The highest BCUT2D eigenvalue weighted by molar-refractivity contribution is 7.17. The van der Waals surface area contributed by atoms with Crippen LogP contribution in [0.5, 0.6) is 17.2 Å². The van der Waals surface area contributed by atoms with E-state index in [1.165, 1.54) is 51.7 Å². The van der Waals surface area contributed by atoms with Crippen molar-refractivity contribution in [1.29, 1.82) is 0 Å². The normalized spacial score (nSPS) is 13.3. The summed E-state index contributed by atoms with van der Waals surface area (Å²) in [6, 6.07) is 2.89. The molecule has 1 amide bonds. The van der Waals surface area contributed by atoms with E-state index in [0.29, 0.717) is 16.3 Å². The second-order valence-electron chi connectivity index (χ2n) is 7.59. The third-order valence-corrected chi connectivity index (χ3v) is 6.65. The Balaban J connectivity index is 1.78. The molecule has 0 saturated heterocycles. The first-order valence-corrected chi connectivity index (χ1v) is 11.8. The maximum atomic E-state index is 12.9. The Hall–Kier alpha value is -3.27. The lowest BCUT2D eigenvalue weighted by molar-refractivity contribution is -0.123. The number of nitrogens with one attached hydrogen (secondary N) is 1. The zero-order chi connectivity index (χ0) is 24.8. The summed E-state index contributed by atoms with van der Waals surface area (Å²) in [4.78, 5) is 39.3. The maximum Gasteiger partial charge on any atom is 0.341 e. The monoisotopic (exact) mass is 491 g/mol. The minimum atomic E-state index is -1.12. The number of aryl methyl sites for hydroxylation is 1. The molecule has 1 aliphatic rings. The standard InChI is InChI=1S/C24H29NO8S/c1-6-32-24(28)19-15-9-7-8-10-18(15)34-22(19)25-21(26)13(2)33-23(27)14-11-16(29-3)20(31-5)17(12-14)30-4/h11-13H,6-10H2,1-5H3,(H,25,26)/t13-/m0/s1. The molecule has 1 aliphatic carbocycles. The Kier molecular flexibility index (Phi) is 8.38. The number of rotatable bonds is 9. The smallest absolute Gasteiger partial charge is 0.341 e. The molecule has 34 heavy (non-hydrogen) atoms. The summed E-state index contributed by atoms with van der Waals surface area (Å²) in [5.74, 6) is -0.842. The molecule has 9 nitrogen and oxygen atoms in total. The first kappa shape index (κ1) is 25.4. The number of thiophene rings is 1. The maximum absolute atomic E-state index is 12.9. The number of methoxy groups -OCH3 is 3. The lowest BCUT2D eigenvalue weighted by Gasteiger charge is -2.16. The zero-order valence-corrected chi connectivity index (χ0v) is 20.8. The molecule has 0 fully saturated rings. The Morgan fingerprint density at radius 3 is 2.24 bits per heavy atom. The third kappa shape index (κ3) is 5.27. The highest BCUT2D eigenvalue weighted by atomic mass is 32.1. The lowest BCUT2D eigenvalue weighted by atomic mass is 9.95. The molecule has 0 unspecified atom stereocenters. The van der Waals surface area contributed by atoms with Gasteiger partial charge in [0.15, 0.2) is 17.6 Å². The van der Waals surface area contributed by atoms with Crippen LogP contribution < -0.4 is 19.5 Å². The van der Waals surface area contributed by atoms with Crippen molar-refractivity contribution >= 4 is 34.2 Å². The second-order valence-corrected chi connectivity index (χ2v) is 8.69. The lowest BCUT2D eigenvalue weighted by Crippen LogP contribution is -2.30. The number of carbonyl (C=O) groups is 3. The largest absolute Gasteiger partial charge is 0.493 e. The van der Waals surface area contributed by atoms with Gasteiger partial charge in [0.2, 0.25) is 5.75 Å². The first-order chi connectivity index (χ1) is 16.3. The minimum Gasteiger partial charge on any atom is -0.493 e. The number of amides is 1. The van der Waals surface area contributed by atoms with Crippen LogP contribution in [0.1, 0.15) is 57.8 Å². The van der Waals surface area contributed by atoms with Gasteiger partial charge in [-0.3, -0.25) is 4.79 Å². The van der Waals surface area contributed by atoms with Crippen LogP contribution in [0.4, 0.5) is 5.00 Å². The van der Waals surface area contributed by atoms with E-state index in [1.807, 2.05) is 0 Å². The molecule has 0 radical (unpaired) electrons. The molecular formula is C24H29NO8S. The first-order valence-electron chi connectivity index (χ1n) is 11.0. The Morgan fingerprint density at radius 2 is 1.65 bits per heavy atom. The van der Waals surface area contributed by atoms with Crippen molar-refractivity contribution in [3.05, 3.63) is 33.7 Å². The molecule has 1 aromatic heterocycles. The van der Waals surface area contributed by atoms with Crippen molar-refractivity contribution in [2.45, 2.75) is 45.6 Å². The van der Waals surface area contributed by atoms with Crippen molar-refractivity contribution in [2.24, 2.45) is 0 Å². The van der Waals surface area contributed by atoms with E-state index in [2.05, 4.69) is 5.32 Å². The van der Waals surface area contributed by atoms with Crippen LogP contribution in [0.3, 0.4) is 0 Å². The van der Waals surface area contributed by atoms with Gasteiger partial charge in [-0.15, -0.1) is 11.3 Å². The van der Waals surface area contributed by atoms with E-state index in [-0.39, 0.29) is 23.7 Å². The Morgan fingerprint density at radius 1 is 1.00 bits per heavy atom. The molecule has 2 aromatic rings. The van der Waals surface area contributed by atoms with Crippen LogP contribution >= 0.6 is 11.3 Å². The number of hydrogen-bond donors (Lipinski definition) is 1. The summed E-state index contributed by atoms with van der Waals surface area (Å²) < 4.78 is 26.4. The number of benzene rings is 1. The third-order valence-electron chi connectivity index (χ3n) is 5.44. The molecule has 1 N–H and O–H groups in total. The van der Waals surface area contributed by atoms with Crippen LogP contribution in [0.25, 0.3) is 0 Å². The molecule has 0 bridgehead atoms. The van der Waals surface area contributed by atoms with E-state index >= 15 is 0 Å². The van der Waals surface area contributed by atoms with Gasteiger partial charge < -0.3 is 29.0 Å². The summed E-state index contributed by atoms with van der Waals surface area (Å²) in [6.07, 6.45) is 2.51. The van der Waals surface area contributed by atoms with Crippen LogP contribution in [-0.4, -0.2) is 51.9 Å². The second kappa shape index (κ2) is 11.2. The number of ether oxygens (including phenoxy) is 5. The summed E-state index contributed by atoms with van der Waals surface area (Å²) in [5.41, 5.74) is 1.47. The minimum absolute atomic E-state index is 0.132. The van der Waals surface area contributed by atoms with Crippen molar-refractivity contribution < 1.29 is 38.1 Å². The molecule has 1 atom stereocenters. The molecule has 3 rings (SSSR count). The van der Waals surface area contributed by atoms with Gasteiger partial charge in [-0.2, -0.15) is 0 Å². The average molecular weight is 492 g/mol. The predicted molar refractivity (Wildman–Crippen MR) is 127 cm³/mol. The molecule has 10 heteroatoms. The average Bonchev–Trinajstić information content (AvgIpc) is 3.20. The number of fused-ring (bicyclic) bond motifs is 1. The summed E-state index contributed by atoms with van der Waals surface area (Å²) in [7, 11) is 4.33. The van der Waals surface area contributed by atoms with Gasteiger partial charge in [-0.25, -0.2) is 9.59 Å². The number of hydrogen-bond acceptors (Lipinski definition) is 9. The Labute approximate surface area is 202 Å². The predicted octanol–water partition coefficient (Wildman–Crippen LogP) is 4.01. The van der Waals surface area contributed by atoms with Gasteiger partial charge in [-0.1, -0.05) is 0 Å². The van der Waals surface area contributed by atoms with Crippen LogP contribution in [0.2, 0.25) is 0 Å². The van der Waals surface area contributed by atoms with Crippen LogP contribution in [-0.2, 0) is 27.1 Å². The molecule has 1 heterocycles. The van der Waals surface area contributed by atoms with Gasteiger partial charge in [0.05, 0.1) is 39.1 Å². The fourth-order valence-electron chi connectivity index (χ4n) is 3.77. The topological polar surface area (TPSA) is 109 Å². The Bertz CT molecular complexity index is 1050. The van der Waals surface area contributed by atoms with Crippen molar-refractivity contribution in [1.82, 2.24) is 0 Å². The zero-order valence-electron chi connectivity index (χ0n) is 19.9. The van der Waals surface area contributed by atoms with Gasteiger partial charge >= 0.3 is 11.9 Å². The quantitative estimate of drug-likeness (QED) is 0.524. The summed E-state index contributed by atoms with van der Waals surface area (Å²) >= 11 is 1.37. The van der Waals surface area contributed by atoms with Crippen LogP contribution in [0.15, 0.2) is 12.1 Å². The van der Waals surface area contributed by atoms with E-state index < -0.39 is 23.9 Å². The van der Waals surface area contributed by atoms with Crippen molar-refractivity contribution in [3.63, 3.8) is 0 Å². The number of esters is 2. The van der Waals surface area contributed by atoms with Gasteiger partial charge in [-0.05, 0) is 57.2 Å². The van der Waals surface area contributed by atoms with E-state index in [0.717, 1.165) is 36.1 Å². The van der Waals surface area contributed by atoms with Crippen molar-refractivity contribution in [3.8, 4) is 17.2 Å². The summed E-state index contributed by atoms with van der Waals surface area (Å²) in [5, 5.41) is 3.18. The molecule has 0 spiro atoms. The highest BCUT2D eigenvalue weighted by Crippen LogP contribution is 2.40. The molecule has 1 aromatic carbocycles. The SMILES string of the molecule is CCOC(=O)c1c(NC(=O)[C@H](C)OC(=O)c2cc(OC)c(OC)c(OC)c2)sc2c1CCCC2. The highest BCUT2D eigenvalue weighted by Gasteiger charge is 2.29. The van der Waals surface area contributed by atoms with E-state index in [9.17, 15) is 14.4 Å². The fourth-order valence-corrected chi connectivity index (χ4v) is 5.05. The van der Waals surface area contributed by atoms with Gasteiger partial charge in [0.25, 0.3) is 5.91 Å². The molecule has 0 aliphatic heterocycles. The number of carbonyl (C=O) groups excluding carboxylic acids is 3. The van der Waals surface area contributed by atoms with Crippen LogP contribution in [0, 0.1) is 0 Å². The molecular weight excluding hydrogens is 462 g/mol.